The molecule has 0 aliphatic carbocycles. The molecule has 3 aromatic rings. The van der Waals surface area contributed by atoms with Crippen molar-refractivity contribution in [1.82, 2.24) is 10.4 Å². The highest BCUT2D eigenvalue weighted by molar-refractivity contribution is 7.80. The van der Waals surface area contributed by atoms with Crippen LogP contribution in [0.1, 0.15) is 30.1 Å². The fourth-order valence-corrected chi connectivity index (χ4v) is 4.27. The molecule has 0 spiro atoms. The zero-order valence-electron chi connectivity index (χ0n) is 20.3. The Bertz CT molecular complexity index is 1350. The van der Waals surface area contributed by atoms with Crippen LogP contribution in [-0.2, 0) is 9.59 Å². The third kappa shape index (κ3) is 6.27. The zero-order valence-corrected chi connectivity index (χ0v) is 21.9. The van der Waals surface area contributed by atoms with E-state index in [1.165, 1.54) is 23.1 Å². The van der Waals surface area contributed by atoms with Crippen molar-refractivity contribution in [2.45, 2.75) is 25.8 Å². The van der Waals surface area contributed by atoms with Crippen LogP contribution in [-0.4, -0.2) is 40.5 Å². The van der Waals surface area contributed by atoms with Crippen molar-refractivity contribution >= 4 is 58.0 Å². The largest absolute Gasteiger partial charge is 0.494 e. The SMILES string of the molecule is CCCOc1ccc(NC(=O)CC2C(=O)N(c3ccc(Cl)cc3)C(=S)N2NC(=O)c2cccc(F)c2)cc1. The average Bonchev–Trinajstić information content (AvgIpc) is 3.12. The molecule has 0 saturated carbocycles. The summed E-state index contributed by atoms with van der Waals surface area (Å²) in [5.41, 5.74) is 3.52. The molecule has 0 bridgehead atoms. The van der Waals surface area contributed by atoms with Gasteiger partial charge in [0, 0.05) is 16.3 Å². The van der Waals surface area contributed by atoms with Crippen molar-refractivity contribution in [2.24, 2.45) is 0 Å². The van der Waals surface area contributed by atoms with Gasteiger partial charge in [0.1, 0.15) is 17.6 Å². The molecule has 1 saturated heterocycles. The topological polar surface area (TPSA) is 91.0 Å². The molecule has 1 atom stereocenters. The zero-order chi connectivity index (χ0) is 27.2. The Morgan fingerprint density at radius 1 is 1.08 bits per heavy atom. The summed E-state index contributed by atoms with van der Waals surface area (Å²) in [5.74, 6) is -1.61. The van der Waals surface area contributed by atoms with E-state index in [2.05, 4.69) is 10.7 Å². The molecular formula is C27H24ClFN4O4S. The fraction of sp³-hybridized carbons (Fsp3) is 0.185. The molecule has 11 heteroatoms. The first kappa shape index (κ1) is 27.0. The van der Waals surface area contributed by atoms with Crippen molar-refractivity contribution in [1.29, 1.82) is 0 Å². The minimum atomic E-state index is -1.15. The maximum atomic E-state index is 13.7. The number of benzene rings is 3. The van der Waals surface area contributed by atoms with Gasteiger partial charge in [0.15, 0.2) is 0 Å². The third-order valence-electron chi connectivity index (χ3n) is 5.60. The maximum absolute atomic E-state index is 13.7. The molecule has 1 unspecified atom stereocenters. The standard InChI is InChI=1S/C27H24ClFN4O4S/c1-2-14-37-22-12-8-20(9-13-22)30-24(34)16-23-26(36)32(21-10-6-18(28)7-11-21)27(38)33(23)31-25(35)17-4-3-5-19(29)15-17/h3-13,15,23H,2,14,16H2,1H3,(H,30,34)(H,31,35). The summed E-state index contributed by atoms with van der Waals surface area (Å²) in [4.78, 5) is 40.5. The summed E-state index contributed by atoms with van der Waals surface area (Å²) in [7, 11) is 0. The van der Waals surface area contributed by atoms with E-state index < -0.39 is 29.6 Å². The maximum Gasteiger partial charge on any atom is 0.269 e. The summed E-state index contributed by atoms with van der Waals surface area (Å²) in [6.07, 6.45) is 0.551. The van der Waals surface area contributed by atoms with Gasteiger partial charge in [-0.2, -0.15) is 0 Å². The lowest BCUT2D eigenvalue weighted by atomic mass is 10.1. The van der Waals surface area contributed by atoms with Gasteiger partial charge in [-0.15, -0.1) is 0 Å². The fourth-order valence-electron chi connectivity index (χ4n) is 3.77. The second-order valence-electron chi connectivity index (χ2n) is 8.39. The minimum Gasteiger partial charge on any atom is -0.494 e. The number of nitrogens with one attached hydrogen (secondary N) is 2. The highest BCUT2D eigenvalue weighted by Gasteiger charge is 2.45. The molecule has 1 fully saturated rings. The van der Waals surface area contributed by atoms with Crippen LogP contribution in [0.4, 0.5) is 15.8 Å². The normalized spacial score (nSPS) is 15.0. The van der Waals surface area contributed by atoms with Gasteiger partial charge in [-0.25, -0.2) is 9.40 Å². The van der Waals surface area contributed by atoms with Gasteiger partial charge in [0.2, 0.25) is 11.0 Å². The van der Waals surface area contributed by atoms with Gasteiger partial charge in [-0.05, 0) is 85.4 Å². The Balaban J connectivity index is 1.54. The summed E-state index contributed by atoms with van der Waals surface area (Å²) < 4.78 is 19.2. The first-order valence-electron chi connectivity index (χ1n) is 11.8. The third-order valence-corrected chi connectivity index (χ3v) is 6.23. The van der Waals surface area contributed by atoms with Crippen LogP contribution < -0.4 is 20.4 Å². The number of nitrogens with zero attached hydrogens (tertiary/aromatic N) is 2. The Hall–Kier alpha value is -4.02. The van der Waals surface area contributed by atoms with E-state index in [4.69, 9.17) is 28.6 Å². The molecule has 38 heavy (non-hydrogen) atoms. The number of rotatable bonds is 9. The van der Waals surface area contributed by atoms with Crippen molar-refractivity contribution in [2.75, 3.05) is 16.8 Å². The average molecular weight is 555 g/mol. The predicted molar refractivity (Wildman–Crippen MR) is 147 cm³/mol. The quantitative estimate of drug-likeness (QED) is 0.364. The summed E-state index contributed by atoms with van der Waals surface area (Å²) >= 11 is 11.5. The lowest BCUT2D eigenvalue weighted by Crippen LogP contribution is -2.49. The molecule has 1 heterocycles. The molecule has 196 valence electrons. The Morgan fingerprint density at radius 3 is 2.45 bits per heavy atom. The summed E-state index contributed by atoms with van der Waals surface area (Å²) in [5, 5.41) is 4.32. The lowest BCUT2D eigenvalue weighted by molar-refractivity contribution is -0.124. The van der Waals surface area contributed by atoms with Gasteiger partial charge in [-0.3, -0.25) is 24.7 Å². The van der Waals surface area contributed by atoms with Gasteiger partial charge in [0.25, 0.3) is 11.8 Å². The van der Waals surface area contributed by atoms with Crippen molar-refractivity contribution in [3.63, 3.8) is 0 Å². The molecule has 4 rings (SSSR count). The predicted octanol–water partition coefficient (Wildman–Crippen LogP) is 4.94. The van der Waals surface area contributed by atoms with Crippen molar-refractivity contribution in [3.05, 3.63) is 89.2 Å². The van der Waals surface area contributed by atoms with E-state index in [-0.39, 0.29) is 17.1 Å². The minimum absolute atomic E-state index is 0.0266. The monoisotopic (exact) mass is 554 g/mol. The number of hydrogen-bond donors (Lipinski definition) is 2. The Morgan fingerprint density at radius 2 is 1.79 bits per heavy atom. The number of anilines is 2. The van der Waals surface area contributed by atoms with Crippen LogP contribution in [0.5, 0.6) is 5.75 Å². The van der Waals surface area contributed by atoms with Crippen molar-refractivity contribution in [3.8, 4) is 5.75 Å². The molecule has 3 amide bonds. The van der Waals surface area contributed by atoms with Crippen LogP contribution in [0.25, 0.3) is 0 Å². The molecule has 0 aromatic heterocycles. The number of ether oxygens (including phenoxy) is 1. The number of hydrazine groups is 1. The molecular weight excluding hydrogens is 531 g/mol. The van der Waals surface area contributed by atoms with Gasteiger partial charge < -0.3 is 10.1 Å². The lowest BCUT2D eigenvalue weighted by Gasteiger charge is -2.24. The molecule has 0 radical (unpaired) electrons. The van der Waals surface area contributed by atoms with Crippen LogP contribution in [0, 0.1) is 5.82 Å². The Labute approximate surface area is 229 Å². The van der Waals surface area contributed by atoms with E-state index >= 15 is 0 Å². The molecule has 2 N–H and O–H groups in total. The highest BCUT2D eigenvalue weighted by Crippen LogP contribution is 2.28. The van der Waals surface area contributed by atoms with Gasteiger partial charge >= 0.3 is 0 Å². The Kier molecular flexibility index (Phi) is 8.55. The van der Waals surface area contributed by atoms with E-state index in [1.807, 2.05) is 6.92 Å². The first-order valence-corrected chi connectivity index (χ1v) is 12.6. The molecule has 3 aromatic carbocycles. The van der Waals surface area contributed by atoms with Gasteiger partial charge in [0.05, 0.1) is 18.7 Å². The van der Waals surface area contributed by atoms with Crippen molar-refractivity contribution < 1.29 is 23.5 Å². The number of carbonyl (C=O) groups is 3. The molecule has 8 nitrogen and oxygen atoms in total. The summed E-state index contributed by atoms with van der Waals surface area (Å²) in [6.45, 7) is 2.58. The van der Waals surface area contributed by atoms with Crippen LogP contribution in [0.15, 0.2) is 72.8 Å². The first-order chi connectivity index (χ1) is 18.3. The van der Waals surface area contributed by atoms with Crippen LogP contribution >= 0.6 is 23.8 Å². The second kappa shape index (κ2) is 12.0. The van der Waals surface area contributed by atoms with Crippen LogP contribution in [0.3, 0.4) is 0 Å². The number of carbonyl (C=O) groups excluding carboxylic acids is 3. The number of halogens is 2. The smallest absolute Gasteiger partial charge is 0.269 e. The highest BCUT2D eigenvalue weighted by atomic mass is 35.5. The van der Waals surface area contributed by atoms with E-state index in [9.17, 15) is 18.8 Å². The van der Waals surface area contributed by atoms with Crippen LogP contribution in [0.2, 0.25) is 5.02 Å². The molecule has 1 aliphatic heterocycles. The summed E-state index contributed by atoms with van der Waals surface area (Å²) in [6, 6.07) is 17.2. The number of thiocarbonyl (C=S) groups is 1. The van der Waals surface area contributed by atoms with E-state index in [1.54, 1.807) is 48.5 Å². The second-order valence-corrected chi connectivity index (χ2v) is 9.20. The van der Waals surface area contributed by atoms with E-state index in [0.717, 1.165) is 17.5 Å². The van der Waals surface area contributed by atoms with Gasteiger partial charge in [-0.1, -0.05) is 24.6 Å². The number of amides is 3. The number of hydrogen-bond acceptors (Lipinski definition) is 5. The molecule has 1 aliphatic rings. The van der Waals surface area contributed by atoms with E-state index in [0.29, 0.717) is 28.8 Å².